The van der Waals surface area contributed by atoms with Crippen LogP contribution in [-0.2, 0) is 13.0 Å². The molecule has 0 atom stereocenters. The van der Waals surface area contributed by atoms with Gasteiger partial charge in [0.1, 0.15) is 5.75 Å². The Kier molecular flexibility index (Phi) is 6.92. The lowest BCUT2D eigenvalue weighted by Crippen LogP contribution is -2.48. The molecule has 0 spiro atoms. The number of fused-ring (bicyclic) bond motifs is 1. The van der Waals surface area contributed by atoms with Crippen LogP contribution >= 0.6 is 12.4 Å². The summed E-state index contributed by atoms with van der Waals surface area (Å²) in [5.74, 6) is -0.339. The Morgan fingerprint density at radius 1 is 1.07 bits per heavy atom. The Balaban J connectivity index is 0.00000240. The molecule has 1 saturated heterocycles. The SMILES string of the molecule is Cl.O=C(c1ccccc1OC(F)F)N1CCN(Cc2cccc3c2NCC3)CC1. The first-order valence-electron chi connectivity index (χ1n) is 9.52. The van der Waals surface area contributed by atoms with Gasteiger partial charge in [-0.05, 0) is 29.7 Å². The fourth-order valence-electron chi connectivity index (χ4n) is 3.91. The third-order valence-electron chi connectivity index (χ3n) is 5.32. The van der Waals surface area contributed by atoms with Gasteiger partial charge in [-0.15, -0.1) is 12.4 Å². The van der Waals surface area contributed by atoms with Gasteiger partial charge in [-0.2, -0.15) is 8.78 Å². The van der Waals surface area contributed by atoms with Crippen molar-refractivity contribution >= 4 is 24.0 Å². The van der Waals surface area contributed by atoms with E-state index in [1.165, 1.54) is 28.9 Å². The van der Waals surface area contributed by atoms with Crippen LogP contribution in [-0.4, -0.2) is 55.0 Å². The van der Waals surface area contributed by atoms with Gasteiger partial charge in [-0.1, -0.05) is 30.3 Å². The summed E-state index contributed by atoms with van der Waals surface area (Å²) in [6, 6.07) is 12.6. The smallest absolute Gasteiger partial charge is 0.387 e. The Labute approximate surface area is 175 Å². The molecule has 8 heteroatoms. The van der Waals surface area contributed by atoms with E-state index in [-0.39, 0.29) is 29.6 Å². The molecule has 29 heavy (non-hydrogen) atoms. The molecule has 0 aliphatic carbocycles. The second-order valence-electron chi connectivity index (χ2n) is 7.07. The molecule has 2 aromatic rings. The van der Waals surface area contributed by atoms with E-state index in [0.29, 0.717) is 13.1 Å². The molecule has 4 rings (SSSR count). The number of ether oxygens (including phenoxy) is 1. The van der Waals surface area contributed by atoms with Crippen LogP contribution in [0.4, 0.5) is 14.5 Å². The van der Waals surface area contributed by atoms with E-state index in [1.54, 1.807) is 17.0 Å². The monoisotopic (exact) mass is 423 g/mol. The van der Waals surface area contributed by atoms with Crippen molar-refractivity contribution in [1.82, 2.24) is 9.80 Å². The van der Waals surface area contributed by atoms with Crippen molar-refractivity contribution in [2.24, 2.45) is 0 Å². The number of hydrogen-bond acceptors (Lipinski definition) is 4. The molecular formula is C21H24ClF2N3O2. The van der Waals surface area contributed by atoms with Crippen molar-refractivity contribution in [2.75, 3.05) is 38.0 Å². The number of anilines is 1. The Hall–Kier alpha value is -2.38. The van der Waals surface area contributed by atoms with Crippen LogP contribution in [0.2, 0.25) is 0 Å². The molecule has 2 heterocycles. The van der Waals surface area contributed by atoms with Crippen LogP contribution in [0.25, 0.3) is 0 Å². The van der Waals surface area contributed by atoms with Crippen LogP contribution in [0, 0.1) is 0 Å². The summed E-state index contributed by atoms with van der Waals surface area (Å²) in [5.41, 5.74) is 4.08. The molecule has 5 nitrogen and oxygen atoms in total. The summed E-state index contributed by atoms with van der Waals surface area (Å²) in [4.78, 5) is 16.8. The lowest BCUT2D eigenvalue weighted by Gasteiger charge is -2.35. The van der Waals surface area contributed by atoms with Gasteiger partial charge in [0.05, 0.1) is 5.56 Å². The maximum absolute atomic E-state index is 12.8. The first kappa shape index (κ1) is 21.3. The van der Waals surface area contributed by atoms with Crippen LogP contribution < -0.4 is 10.1 Å². The fourth-order valence-corrected chi connectivity index (χ4v) is 3.91. The van der Waals surface area contributed by atoms with Gasteiger partial charge in [0.15, 0.2) is 0 Å². The zero-order valence-corrected chi connectivity index (χ0v) is 16.8. The van der Waals surface area contributed by atoms with E-state index in [9.17, 15) is 13.6 Å². The summed E-state index contributed by atoms with van der Waals surface area (Å²) in [6.45, 7) is 1.47. The average Bonchev–Trinajstić information content (AvgIpc) is 3.18. The molecule has 0 unspecified atom stereocenters. The molecule has 0 radical (unpaired) electrons. The minimum absolute atomic E-state index is 0. The van der Waals surface area contributed by atoms with Gasteiger partial charge >= 0.3 is 6.61 Å². The third-order valence-corrected chi connectivity index (χ3v) is 5.32. The van der Waals surface area contributed by atoms with Crippen LogP contribution in [0.5, 0.6) is 5.75 Å². The third kappa shape index (κ3) is 4.79. The van der Waals surface area contributed by atoms with E-state index in [0.717, 1.165) is 32.6 Å². The van der Waals surface area contributed by atoms with Gasteiger partial charge in [-0.25, -0.2) is 0 Å². The molecule has 2 aliphatic heterocycles. The number of carbonyl (C=O) groups is 1. The minimum atomic E-state index is -2.95. The molecule has 2 aromatic carbocycles. The van der Waals surface area contributed by atoms with Crippen LogP contribution in [0.1, 0.15) is 21.5 Å². The van der Waals surface area contributed by atoms with Crippen LogP contribution in [0.3, 0.4) is 0 Å². The summed E-state index contributed by atoms with van der Waals surface area (Å²) in [7, 11) is 0. The highest BCUT2D eigenvalue weighted by molar-refractivity contribution is 5.97. The number of alkyl halides is 2. The zero-order chi connectivity index (χ0) is 19.5. The number of nitrogens with one attached hydrogen (secondary N) is 1. The number of nitrogens with zero attached hydrogens (tertiary/aromatic N) is 2. The van der Waals surface area contributed by atoms with Gasteiger partial charge in [0.2, 0.25) is 0 Å². The number of rotatable bonds is 5. The standard InChI is InChI=1S/C21H23F2N3O2.ClH/c22-21(23)28-18-7-2-1-6-17(18)20(27)26-12-10-25(11-13-26)14-16-5-3-4-15-8-9-24-19(15)16;/h1-7,21,24H,8-14H2;1H. The second-order valence-corrected chi connectivity index (χ2v) is 7.07. The van der Waals surface area contributed by atoms with Gasteiger partial charge in [0, 0.05) is 45.0 Å². The fraction of sp³-hybridized carbons (Fsp3) is 0.381. The molecule has 156 valence electrons. The first-order chi connectivity index (χ1) is 13.6. The lowest BCUT2D eigenvalue weighted by molar-refractivity contribution is -0.0503. The summed E-state index contributed by atoms with van der Waals surface area (Å²) in [6.07, 6.45) is 1.06. The molecule has 0 aromatic heterocycles. The molecule has 0 bridgehead atoms. The predicted octanol–water partition coefficient (Wildman–Crippen LogP) is 3.64. The van der Waals surface area contributed by atoms with Gasteiger partial charge in [0.25, 0.3) is 5.91 Å². The van der Waals surface area contributed by atoms with E-state index in [2.05, 4.69) is 33.2 Å². The summed E-state index contributed by atoms with van der Waals surface area (Å²) in [5, 5.41) is 3.46. The van der Waals surface area contributed by atoms with E-state index in [1.807, 2.05) is 0 Å². The van der Waals surface area contributed by atoms with Crippen molar-refractivity contribution in [3.05, 3.63) is 59.2 Å². The molecule has 0 saturated carbocycles. The predicted molar refractivity (Wildman–Crippen MR) is 110 cm³/mol. The number of para-hydroxylation sites is 2. The topological polar surface area (TPSA) is 44.8 Å². The van der Waals surface area contributed by atoms with E-state index in [4.69, 9.17) is 0 Å². The lowest BCUT2D eigenvalue weighted by atomic mass is 10.1. The molecular weight excluding hydrogens is 400 g/mol. The molecule has 1 amide bonds. The number of hydrogen-bond donors (Lipinski definition) is 1. The zero-order valence-electron chi connectivity index (χ0n) is 15.9. The maximum atomic E-state index is 12.8. The van der Waals surface area contributed by atoms with Crippen molar-refractivity contribution in [3.63, 3.8) is 0 Å². The normalized spacial score (nSPS) is 16.2. The van der Waals surface area contributed by atoms with Gasteiger partial charge < -0.3 is 15.0 Å². The van der Waals surface area contributed by atoms with Crippen molar-refractivity contribution < 1.29 is 18.3 Å². The molecule has 2 aliphatic rings. The van der Waals surface area contributed by atoms with Gasteiger partial charge in [-0.3, -0.25) is 9.69 Å². The molecule has 1 N–H and O–H groups in total. The average molecular weight is 424 g/mol. The van der Waals surface area contributed by atoms with Crippen molar-refractivity contribution in [1.29, 1.82) is 0 Å². The Bertz CT molecular complexity index is 858. The number of carbonyl (C=O) groups excluding carboxylic acids is 1. The first-order valence-corrected chi connectivity index (χ1v) is 9.52. The van der Waals surface area contributed by atoms with E-state index >= 15 is 0 Å². The van der Waals surface area contributed by atoms with E-state index < -0.39 is 6.61 Å². The Morgan fingerprint density at radius 3 is 2.59 bits per heavy atom. The number of halogens is 3. The molecule has 1 fully saturated rings. The highest BCUT2D eigenvalue weighted by Crippen LogP contribution is 2.28. The number of amides is 1. The summed E-state index contributed by atoms with van der Waals surface area (Å²) >= 11 is 0. The largest absolute Gasteiger partial charge is 0.434 e. The highest BCUT2D eigenvalue weighted by atomic mass is 35.5. The maximum Gasteiger partial charge on any atom is 0.387 e. The van der Waals surface area contributed by atoms with Crippen molar-refractivity contribution in [3.8, 4) is 5.75 Å². The van der Waals surface area contributed by atoms with Crippen LogP contribution in [0.15, 0.2) is 42.5 Å². The number of benzene rings is 2. The van der Waals surface area contributed by atoms with Crippen molar-refractivity contribution in [2.45, 2.75) is 19.6 Å². The minimum Gasteiger partial charge on any atom is -0.434 e. The Morgan fingerprint density at radius 2 is 1.83 bits per heavy atom. The highest BCUT2D eigenvalue weighted by Gasteiger charge is 2.26. The quantitative estimate of drug-likeness (QED) is 0.797. The summed E-state index contributed by atoms with van der Waals surface area (Å²) < 4.78 is 29.7. The second kappa shape index (κ2) is 9.41. The number of piperazine rings is 1.